The van der Waals surface area contributed by atoms with E-state index in [0.29, 0.717) is 0 Å². The predicted octanol–water partition coefficient (Wildman–Crippen LogP) is 13.2. The molecule has 0 aliphatic carbocycles. The normalized spacial score (nSPS) is 11.8. The third-order valence-corrected chi connectivity index (χ3v) is 10.9. The van der Waals surface area contributed by atoms with Gasteiger partial charge >= 0.3 is 0 Å². The highest BCUT2D eigenvalue weighted by molar-refractivity contribution is 6.23. The standard InChI is InChI=1S/C50H31N3/c1-3-17-40-38(15-1)37(25-26-48(40)53-46-21-7-5-18-41(46)42-19-6-8-22-47(42)53)36-14-10-13-34(30-36)32-11-9-12-33(29-32)35-23-24-44-45(31-35)39-16-2-4-20-43(39)49-50(44)52-28-27-51-49/h1-31H. The maximum atomic E-state index is 4.75. The Hall–Kier alpha value is -7.10. The van der Waals surface area contributed by atoms with Crippen molar-refractivity contribution in [3.63, 3.8) is 0 Å². The minimum absolute atomic E-state index is 0.939. The fourth-order valence-corrected chi connectivity index (χ4v) is 8.47. The summed E-state index contributed by atoms with van der Waals surface area (Å²) in [6.07, 6.45) is 3.56. The number of benzene rings is 9. The predicted molar refractivity (Wildman–Crippen MR) is 223 cm³/mol. The van der Waals surface area contributed by atoms with Crippen LogP contribution in [0.15, 0.2) is 188 Å². The van der Waals surface area contributed by atoms with Crippen LogP contribution in [-0.2, 0) is 0 Å². The molecule has 2 aromatic heterocycles. The molecule has 9 aromatic carbocycles. The van der Waals surface area contributed by atoms with Crippen LogP contribution in [-0.4, -0.2) is 14.5 Å². The van der Waals surface area contributed by atoms with Gasteiger partial charge in [-0.15, -0.1) is 0 Å². The first kappa shape index (κ1) is 29.6. The Bertz CT molecular complexity index is 3150. The van der Waals surface area contributed by atoms with Crippen molar-refractivity contribution in [3.05, 3.63) is 188 Å². The second kappa shape index (κ2) is 11.7. The Labute approximate surface area is 306 Å². The van der Waals surface area contributed by atoms with Crippen LogP contribution in [0.5, 0.6) is 0 Å². The highest BCUT2D eigenvalue weighted by Gasteiger charge is 2.16. The van der Waals surface area contributed by atoms with Crippen molar-refractivity contribution in [2.45, 2.75) is 0 Å². The van der Waals surface area contributed by atoms with Crippen molar-refractivity contribution >= 4 is 65.2 Å². The third kappa shape index (κ3) is 4.61. The van der Waals surface area contributed by atoms with E-state index in [-0.39, 0.29) is 0 Å². The van der Waals surface area contributed by atoms with Crippen molar-refractivity contribution in [1.82, 2.24) is 14.5 Å². The molecule has 2 heterocycles. The van der Waals surface area contributed by atoms with Crippen LogP contribution in [0, 0.1) is 0 Å². The summed E-state index contributed by atoms with van der Waals surface area (Å²) in [5.41, 5.74) is 12.7. The van der Waals surface area contributed by atoms with E-state index < -0.39 is 0 Å². The van der Waals surface area contributed by atoms with Gasteiger partial charge in [0.05, 0.1) is 27.8 Å². The SMILES string of the molecule is c1cc(-c2cccc(-c3ccc(-n4c5ccccc5c5ccccc54)c4ccccc34)c2)cc(-c2ccc3c(c2)c2ccccc2c2nccnc32)c1. The van der Waals surface area contributed by atoms with Gasteiger partial charge in [-0.2, -0.15) is 0 Å². The number of hydrogen-bond acceptors (Lipinski definition) is 2. The van der Waals surface area contributed by atoms with E-state index in [1.165, 1.54) is 82.4 Å². The topological polar surface area (TPSA) is 30.7 Å². The van der Waals surface area contributed by atoms with Gasteiger partial charge in [0.25, 0.3) is 0 Å². The van der Waals surface area contributed by atoms with E-state index in [0.717, 1.165) is 21.8 Å². The zero-order valence-electron chi connectivity index (χ0n) is 28.7. The minimum Gasteiger partial charge on any atom is -0.309 e. The molecule has 0 bridgehead atoms. The second-order valence-corrected chi connectivity index (χ2v) is 13.8. The fourth-order valence-electron chi connectivity index (χ4n) is 8.47. The highest BCUT2D eigenvalue weighted by atomic mass is 15.0. The lowest BCUT2D eigenvalue weighted by Gasteiger charge is -2.15. The van der Waals surface area contributed by atoms with Crippen LogP contribution >= 0.6 is 0 Å². The van der Waals surface area contributed by atoms with Gasteiger partial charge in [0.2, 0.25) is 0 Å². The molecule has 11 rings (SSSR count). The molecule has 0 amide bonds. The first-order valence-corrected chi connectivity index (χ1v) is 18.1. The zero-order chi connectivity index (χ0) is 34.9. The number of hydrogen-bond donors (Lipinski definition) is 0. The van der Waals surface area contributed by atoms with E-state index in [2.05, 4.69) is 180 Å². The molecule has 0 fully saturated rings. The Morgan fingerprint density at radius 1 is 0.302 bits per heavy atom. The van der Waals surface area contributed by atoms with Gasteiger partial charge in [-0.25, -0.2) is 0 Å². The molecule has 3 nitrogen and oxygen atoms in total. The fraction of sp³-hybridized carbons (Fsp3) is 0. The van der Waals surface area contributed by atoms with Crippen LogP contribution in [0.3, 0.4) is 0 Å². The van der Waals surface area contributed by atoms with E-state index in [1.54, 1.807) is 12.4 Å². The maximum absolute atomic E-state index is 4.75. The molecular formula is C50H31N3. The molecule has 0 aliphatic rings. The molecule has 246 valence electrons. The van der Waals surface area contributed by atoms with Gasteiger partial charge in [0.15, 0.2) is 0 Å². The molecule has 0 N–H and O–H groups in total. The van der Waals surface area contributed by atoms with Gasteiger partial charge in [0.1, 0.15) is 0 Å². The molecule has 0 atom stereocenters. The van der Waals surface area contributed by atoms with Crippen molar-refractivity contribution in [2.24, 2.45) is 0 Å². The number of fused-ring (bicyclic) bond motifs is 10. The molecule has 11 aromatic rings. The Morgan fingerprint density at radius 2 is 0.792 bits per heavy atom. The van der Waals surface area contributed by atoms with Crippen molar-refractivity contribution < 1.29 is 0 Å². The number of para-hydroxylation sites is 2. The summed E-state index contributed by atoms with van der Waals surface area (Å²) in [6, 6.07) is 63.9. The van der Waals surface area contributed by atoms with Crippen LogP contribution in [0.4, 0.5) is 0 Å². The van der Waals surface area contributed by atoms with Crippen molar-refractivity contribution in [3.8, 4) is 39.1 Å². The smallest absolute Gasteiger partial charge is 0.0971 e. The van der Waals surface area contributed by atoms with Gasteiger partial charge in [-0.1, -0.05) is 140 Å². The molecule has 0 aliphatic heterocycles. The molecule has 0 radical (unpaired) electrons. The molecule has 53 heavy (non-hydrogen) atoms. The highest BCUT2D eigenvalue weighted by Crippen LogP contribution is 2.40. The monoisotopic (exact) mass is 673 g/mol. The van der Waals surface area contributed by atoms with Gasteiger partial charge in [-0.05, 0) is 85.9 Å². The molecule has 0 unspecified atom stereocenters. The van der Waals surface area contributed by atoms with E-state index in [4.69, 9.17) is 9.97 Å². The van der Waals surface area contributed by atoms with E-state index >= 15 is 0 Å². The van der Waals surface area contributed by atoms with E-state index in [9.17, 15) is 0 Å². The van der Waals surface area contributed by atoms with E-state index in [1.807, 2.05) is 0 Å². The summed E-state index contributed by atoms with van der Waals surface area (Å²) >= 11 is 0. The summed E-state index contributed by atoms with van der Waals surface area (Å²) in [4.78, 5) is 9.45. The summed E-state index contributed by atoms with van der Waals surface area (Å²) in [5, 5.41) is 9.63. The van der Waals surface area contributed by atoms with Crippen LogP contribution in [0.2, 0.25) is 0 Å². The number of rotatable bonds is 4. The lowest BCUT2D eigenvalue weighted by atomic mass is 9.92. The largest absolute Gasteiger partial charge is 0.309 e. The first-order valence-electron chi connectivity index (χ1n) is 18.1. The molecule has 0 saturated heterocycles. The van der Waals surface area contributed by atoms with Crippen molar-refractivity contribution in [1.29, 1.82) is 0 Å². The maximum Gasteiger partial charge on any atom is 0.0971 e. The summed E-state index contributed by atoms with van der Waals surface area (Å²) in [7, 11) is 0. The quantitative estimate of drug-likeness (QED) is 0.174. The summed E-state index contributed by atoms with van der Waals surface area (Å²) in [5.74, 6) is 0. The first-order chi connectivity index (χ1) is 26.3. The Kier molecular flexibility index (Phi) is 6.55. The molecule has 0 spiro atoms. The summed E-state index contributed by atoms with van der Waals surface area (Å²) < 4.78 is 2.42. The second-order valence-electron chi connectivity index (χ2n) is 13.8. The molecule has 0 saturated carbocycles. The Morgan fingerprint density at radius 3 is 1.45 bits per heavy atom. The number of nitrogens with zero attached hydrogens (tertiary/aromatic N) is 3. The molecular weight excluding hydrogens is 643 g/mol. The lowest BCUT2D eigenvalue weighted by molar-refractivity contribution is 1.20. The van der Waals surface area contributed by atoms with Gasteiger partial charge < -0.3 is 4.57 Å². The third-order valence-electron chi connectivity index (χ3n) is 10.9. The average molecular weight is 674 g/mol. The van der Waals surface area contributed by atoms with Gasteiger partial charge in [0, 0.05) is 39.3 Å². The molecule has 3 heteroatoms. The van der Waals surface area contributed by atoms with Gasteiger partial charge in [-0.3, -0.25) is 9.97 Å². The number of aromatic nitrogens is 3. The zero-order valence-corrected chi connectivity index (χ0v) is 28.7. The lowest BCUT2D eigenvalue weighted by Crippen LogP contribution is -1.96. The van der Waals surface area contributed by atoms with Crippen LogP contribution in [0.25, 0.3) is 104 Å². The minimum atomic E-state index is 0.939. The Balaban J connectivity index is 1.02. The average Bonchev–Trinajstić information content (AvgIpc) is 3.57. The van der Waals surface area contributed by atoms with Crippen LogP contribution in [0.1, 0.15) is 0 Å². The summed E-state index contributed by atoms with van der Waals surface area (Å²) in [6.45, 7) is 0. The van der Waals surface area contributed by atoms with Crippen LogP contribution < -0.4 is 0 Å². The van der Waals surface area contributed by atoms with Crippen molar-refractivity contribution in [2.75, 3.05) is 0 Å².